The lowest BCUT2D eigenvalue weighted by atomic mass is 9.96. The number of hydrogen-bond donors (Lipinski definition) is 0. The SMILES string of the molecule is CCOC(=O)C1CCN(c2nc(-c3ccccc3)nc3c2CN(C(=O)N2CCOCC2)CC3)CC1. The van der Waals surface area contributed by atoms with Crippen LogP contribution in [0.3, 0.4) is 0 Å². The Kier molecular flexibility index (Phi) is 7.13. The molecule has 0 spiro atoms. The van der Waals surface area contributed by atoms with Crippen molar-refractivity contribution in [1.82, 2.24) is 19.8 Å². The first kappa shape index (κ1) is 23.5. The van der Waals surface area contributed by atoms with Gasteiger partial charge in [-0.1, -0.05) is 30.3 Å². The predicted octanol–water partition coefficient (Wildman–Crippen LogP) is 2.73. The first-order chi connectivity index (χ1) is 17.1. The van der Waals surface area contributed by atoms with Gasteiger partial charge in [-0.25, -0.2) is 14.8 Å². The summed E-state index contributed by atoms with van der Waals surface area (Å²) in [5, 5.41) is 0. The molecular weight excluding hydrogens is 446 g/mol. The summed E-state index contributed by atoms with van der Waals surface area (Å²) in [6.07, 6.45) is 2.16. The Labute approximate surface area is 206 Å². The second kappa shape index (κ2) is 10.6. The lowest BCUT2D eigenvalue weighted by Gasteiger charge is -2.38. The van der Waals surface area contributed by atoms with Crippen molar-refractivity contribution in [3.05, 3.63) is 41.6 Å². The van der Waals surface area contributed by atoms with Gasteiger partial charge in [-0.15, -0.1) is 0 Å². The highest BCUT2D eigenvalue weighted by molar-refractivity contribution is 5.76. The lowest BCUT2D eigenvalue weighted by molar-refractivity contribution is -0.148. The number of morpholine rings is 1. The van der Waals surface area contributed by atoms with Gasteiger partial charge < -0.3 is 24.2 Å². The average molecular weight is 480 g/mol. The molecule has 9 nitrogen and oxygen atoms in total. The van der Waals surface area contributed by atoms with Crippen molar-refractivity contribution >= 4 is 17.8 Å². The van der Waals surface area contributed by atoms with Gasteiger partial charge in [0.2, 0.25) is 0 Å². The summed E-state index contributed by atoms with van der Waals surface area (Å²) in [5.41, 5.74) is 3.00. The normalized spacial score (nSPS) is 18.8. The molecule has 3 aliphatic heterocycles. The molecule has 2 saturated heterocycles. The molecule has 1 aromatic carbocycles. The summed E-state index contributed by atoms with van der Waals surface area (Å²) in [7, 11) is 0. The van der Waals surface area contributed by atoms with Crippen LogP contribution in [0.5, 0.6) is 0 Å². The molecule has 4 heterocycles. The van der Waals surface area contributed by atoms with Crippen molar-refractivity contribution in [3.63, 3.8) is 0 Å². The molecule has 0 N–H and O–H groups in total. The van der Waals surface area contributed by atoms with Crippen molar-refractivity contribution in [2.45, 2.75) is 32.7 Å². The van der Waals surface area contributed by atoms with Crippen LogP contribution in [0.2, 0.25) is 0 Å². The zero-order chi connectivity index (χ0) is 24.2. The number of urea groups is 1. The van der Waals surface area contributed by atoms with Crippen LogP contribution >= 0.6 is 0 Å². The highest BCUT2D eigenvalue weighted by Gasteiger charge is 2.33. The minimum atomic E-state index is -0.107. The number of anilines is 1. The number of carbonyl (C=O) groups excluding carboxylic acids is 2. The zero-order valence-corrected chi connectivity index (χ0v) is 20.3. The van der Waals surface area contributed by atoms with E-state index in [2.05, 4.69) is 4.90 Å². The van der Waals surface area contributed by atoms with Gasteiger partial charge in [-0.3, -0.25) is 4.79 Å². The van der Waals surface area contributed by atoms with Gasteiger partial charge in [-0.05, 0) is 19.8 Å². The first-order valence-electron chi connectivity index (χ1n) is 12.6. The fraction of sp³-hybridized carbons (Fsp3) is 0.538. The van der Waals surface area contributed by atoms with Crippen molar-refractivity contribution < 1.29 is 19.1 Å². The van der Waals surface area contributed by atoms with E-state index >= 15 is 0 Å². The number of ether oxygens (including phenoxy) is 2. The fourth-order valence-electron chi connectivity index (χ4n) is 5.08. The van der Waals surface area contributed by atoms with E-state index < -0.39 is 0 Å². The van der Waals surface area contributed by atoms with E-state index in [0.29, 0.717) is 58.2 Å². The molecule has 0 aliphatic carbocycles. The maximum absolute atomic E-state index is 13.2. The summed E-state index contributed by atoms with van der Waals surface area (Å²) in [6.45, 7) is 7.24. The highest BCUT2D eigenvalue weighted by atomic mass is 16.5. The Morgan fingerprint density at radius 3 is 2.46 bits per heavy atom. The van der Waals surface area contributed by atoms with E-state index in [4.69, 9.17) is 19.4 Å². The molecule has 0 atom stereocenters. The monoisotopic (exact) mass is 479 g/mol. The Morgan fingerprint density at radius 2 is 1.74 bits per heavy atom. The van der Waals surface area contributed by atoms with Crippen LogP contribution < -0.4 is 4.90 Å². The number of hydrogen-bond acceptors (Lipinski definition) is 7. The first-order valence-corrected chi connectivity index (χ1v) is 12.6. The number of carbonyl (C=O) groups is 2. The van der Waals surface area contributed by atoms with E-state index in [9.17, 15) is 9.59 Å². The summed E-state index contributed by atoms with van der Waals surface area (Å²) in [6, 6.07) is 10.1. The molecule has 2 amide bonds. The molecule has 2 aromatic rings. The molecule has 3 aliphatic rings. The van der Waals surface area contributed by atoms with Gasteiger partial charge in [-0.2, -0.15) is 0 Å². The summed E-state index contributed by atoms with van der Waals surface area (Å²) in [5.74, 6) is 1.41. The van der Waals surface area contributed by atoms with Crippen LogP contribution in [0.15, 0.2) is 30.3 Å². The smallest absolute Gasteiger partial charge is 0.320 e. The highest BCUT2D eigenvalue weighted by Crippen LogP contribution is 2.32. The molecule has 5 rings (SSSR count). The zero-order valence-electron chi connectivity index (χ0n) is 20.3. The summed E-state index contributed by atoms with van der Waals surface area (Å²) in [4.78, 5) is 41.5. The van der Waals surface area contributed by atoms with Crippen LogP contribution in [0.1, 0.15) is 31.0 Å². The number of nitrogens with zero attached hydrogens (tertiary/aromatic N) is 5. The van der Waals surface area contributed by atoms with Gasteiger partial charge >= 0.3 is 12.0 Å². The van der Waals surface area contributed by atoms with Gasteiger partial charge in [0.1, 0.15) is 5.82 Å². The Morgan fingerprint density at radius 1 is 1.00 bits per heavy atom. The van der Waals surface area contributed by atoms with Crippen molar-refractivity contribution in [2.24, 2.45) is 5.92 Å². The van der Waals surface area contributed by atoms with E-state index in [-0.39, 0.29) is 17.9 Å². The minimum Gasteiger partial charge on any atom is -0.466 e. The number of fused-ring (bicyclic) bond motifs is 1. The summed E-state index contributed by atoms with van der Waals surface area (Å²) < 4.78 is 10.7. The van der Waals surface area contributed by atoms with Gasteiger partial charge in [0.05, 0.1) is 38.0 Å². The number of aromatic nitrogens is 2. The molecule has 0 bridgehead atoms. The molecule has 9 heteroatoms. The maximum atomic E-state index is 13.2. The van der Waals surface area contributed by atoms with E-state index in [0.717, 1.165) is 48.6 Å². The third kappa shape index (κ3) is 5.10. The number of esters is 1. The Hall–Kier alpha value is -3.20. The van der Waals surface area contributed by atoms with E-state index in [1.807, 2.05) is 47.1 Å². The molecule has 35 heavy (non-hydrogen) atoms. The lowest BCUT2D eigenvalue weighted by Crippen LogP contribution is -2.50. The quantitative estimate of drug-likeness (QED) is 0.623. The molecule has 1 aromatic heterocycles. The standard InChI is InChI=1S/C26H33N5O4/c1-2-35-25(32)20-8-11-29(12-9-20)24-21-18-31(26(33)30-14-16-34-17-15-30)13-10-22(21)27-23(28-24)19-6-4-3-5-7-19/h3-7,20H,2,8-18H2,1H3. The Bertz CT molecular complexity index is 1050. The number of rotatable bonds is 4. The maximum Gasteiger partial charge on any atom is 0.320 e. The van der Waals surface area contributed by atoms with Crippen LogP contribution in [-0.2, 0) is 27.2 Å². The van der Waals surface area contributed by atoms with Gasteiger partial charge in [0.25, 0.3) is 0 Å². The second-order valence-electron chi connectivity index (χ2n) is 9.23. The third-order valence-electron chi connectivity index (χ3n) is 7.04. The fourth-order valence-corrected chi connectivity index (χ4v) is 5.08. The largest absolute Gasteiger partial charge is 0.466 e. The van der Waals surface area contributed by atoms with Gasteiger partial charge in [0, 0.05) is 50.3 Å². The van der Waals surface area contributed by atoms with Crippen LogP contribution in [0.4, 0.5) is 10.6 Å². The van der Waals surface area contributed by atoms with E-state index in [1.54, 1.807) is 0 Å². The number of piperidine rings is 1. The Balaban J connectivity index is 1.42. The van der Waals surface area contributed by atoms with Crippen LogP contribution in [0, 0.1) is 5.92 Å². The van der Waals surface area contributed by atoms with Crippen molar-refractivity contribution in [1.29, 1.82) is 0 Å². The second-order valence-corrected chi connectivity index (χ2v) is 9.23. The van der Waals surface area contributed by atoms with Crippen molar-refractivity contribution in [3.8, 4) is 11.4 Å². The summed E-state index contributed by atoms with van der Waals surface area (Å²) >= 11 is 0. The average Bonchev–Trinajstić information content (AvgIpc) is 2.93. The molecule has 0 radical (unpaired) electrons. The topological polar surface area (TPSA) is 88.1 Å². The number of amides is 2. The van der Waals surface area contributed by atoms with Crippen LogP contribution in [0.25, 0.3) is 11.4 Å². The molecule has 0 unspecified atom stereocenters. The molecular formula is C26H33N5O4. The molecule has 186 valence electrons. The molecule has 0 saturated carbocycles. The molecule has 2 fully saturated rings. The van der Waals surface area contributed by atoms with Crippen LogP contribution in [-0.4, -0.2) is 84.3 Å². The third-order valence-corrected chi connectivity index (χ3v) is 7.04. The van der Waals surface area contributed by atoms with Crippen molar-refractivity contribution in [2.75, 3.05) is 57.4 Å². The number of benzene rings is 1. The minimum absolute atomic E-state index is 0.0538. The van der Waals surface area contributed by atoms with Gasteiger partial charge in [0.15, 0.2) is 5.82 Å². The van der Waals surface area contributed by atoms with E-state index in [1.165, 1.54) is 0 Å². The predicted molar refractivity (Wildman–Crippen MR) is 131 cm³/mol.